The number of hydrogen-bond acceptors (Lipinski definition) is 5. The van der Waals surface area contributed by atoms with Crippen molar-refractivity contribution < 1.29 is 27.4 Å². The first-order valence-corrected chi connectivity index (χ1v) is 8.23. The van der Waals surface area contributed by atoms with Gasteiger partial charge in [0.15, 0.2) is 6.61 Å². The highest BCUT2D eigenvalue weighted by Crippen LogP contribution is 2.24. The summed E-state index contributed by atoms with van der Waals surface area (Å²) in [5, 5.41) is 5.69. The Morgan fingerprint density at radius 2 is 1.93 bits per heavy atom. The van der Waals surface area contributed by atoms with E-state index in [2.05, 4.69) is 20.4 Å². The van der Waals surface area contributed by atoms with Gasteiger partial charge in [-0.15, -0.1) is 0 Å². The summed E-state index contributed by atoms with van der Waals surface area (Å²) in [4.78, 5) is 16.1. The molecule has 0 saturated carbocycles. The molecule has 2 N–H and O–H groups in total. The van der Waals surface area contributed by atoms with Crippen molar-refractivity contribution in [3.05, 3.63) is 42.6 Å². The number of amides is 1. The lowest BCUT2D eigenvalue weighted by Gasteiger charge is -2.17. The van der Waals surface area contributed by atoms with Crippen molar-refractivity contribution in [3.63, 3.8) is 0 Å². The highest BCUT2D eigenvalue weighted by Gasteiger charge is 2.28. The van der Waals surface area contributed by atoms with Gasteiger partial charge in [-0.25, -0.2) is 4.98 Å². The second kappa shape index (κ2) is 9.11. The van der Waals surface area contributed by atoms with E-state index in [-0.39, 0.29) is 11.8 Å². The van der Waals surface area contributed by atoms with Crippen LogP contribution in [-0.4, -0.2) is 36.3 Å². The fourth-order valence-electron chi connectivity index (χ4n) is 2.11. The van der Waals surface area contributed by atoms with Crippen molar-refractivity contribution in [2.45, 2.75) is 26.1 Å². The molecule has 1 atom stereocenters. The van der Waals surface area contributed by atoms with Gasteiger partial charge in [0, 0.05) is 6.07 Å². The minimum atomic E-state index is -4.43. The van der Waals surface area contributed by atoms with E-state index in [0.717, 1.165) is 0 Å². The lowest BCUT2D eigenvalue weighted by Crippen LogP contribution is -2.32. The molecule has 1 aromatic carbocycles. The molecule has 2 rings (SSSR count). The van der Waals surface area contributed by atoms with Gasteiger partial charge in [-0.2, -0.15) is 13.2 Å². The number of nitrogens with one attached hydrogen (secondary N) is 2. The Morgan fingerprint density at radius 3 is 2.56 bits per heavy atom. The summed E-state index contributed by atoms with van der Waals surface area (Å²) in [6, 6.07) is 9.21. The maximum atomic E-state index is 12.4. The molecule has 0 aliphatic rings. The number of aromatic nitrogens is 1. The van der Waals surface area contributed by atoms with E-state index < -0.39 is 18.8 Å². The number of halogens is 3. The third kappa shape index (κ3) is 6.69. The van der Waals surface area contributed by atoms with Crippen molar-refractivity contribution in [3.8, 4) is 11.6 Å². The van der Waals surface area contributed by atoms with Crippen LogP contribution in [0.1, 0.15) is 13.8 Å². The number of benzene rings is 1. The van der Waals surface area contributed by atoms with Crippen LogP contribution in [-0.2, 0) is 4.79 Å². The first-order chi connectivity index (χ1) is 12.8. The number of carbonyl (C=O) groups excluding carboxylic acids is 1. The monoisotopic (exact) mass is 383 g/mol. The summed E-state index contributed by atoms with van der Waals surface area (Å²) in [6.45, 7) is 2.55. The van der Waals surface area contributed by atoms with Gasteiger partial charge in [-0.1, -0.05) is 12.1 Å². The fourth-order valence-corrected chi connectivity index (χ4v) is 2.11. The maximum absolute atomic E-state index is 12.4. The average molecular weight is 383 g/mol. The minimum Gasteiger partial charge on any atom is -0.492 e. The molecule has 146 valence electrons. The molecule has 0 spiro atoms. The van der Waals surface area contributed by atoms with Gasteiger partial charge in [0.05, 0.1) is 24.2 Å². The molecule has 2 aromatic rings. The summed E-state index contributed by atoms with van der Waals surface area (Å²) in [7, 11) is 0. The molecule has 1 amide bonds. The lowest BCUT2D eigenvalue weighted by atomic mass is 10.2. The van der Waals surface area contributed by atoms with Gasteiger partial charge in [-0.05, 0) is 32.0 Å². The minimum absolute atomic E-state index is 0.152. The van der Waals surface area contributed by atoms with Crippen molar-refractivity contribution >= 4 is 17.3 Å². The number of rotatable bonds is 8. The molecule has 0 aliphatic heterocycles. The van der Waals surface area contributed by atoms with Crippen LogP contribution in [0.4, 0.5) is 24.5 Å². The van der Waals surface area contributed by atoms with Crippen molar-refractivity contribution in [2.75, 3.05) is 23.8 Å². The molecule has 9 heteroatoms. The Balaban J connectivity index is 1.92. The SMILES string of the molecule is CCOc1ccccc1NC(=O)C(C)Nc1ccc(OCC(F)(F)F)nc1. The molecule has 0 bridgehead atoms. The molecule has 1 aromatic heterocycles. The highest BCUT2D eigenvalue weighted by atomic mass is 19.4. The van der Waals surface area contributed by atoms with Gasteiger partial charge in [0.2, 0.25) is 11.8 Å². The quantitative estimate of drug-likeness (QED) is 0.724. The number of alkyl halides is 3. The summed E-state index contributed by atoms with van der Waals surface area (Å²) in [6.07, 6.45) is -3.13. The van der Waals surface area contributed by atoms with Gasteiger partial charge in [0.1, 0.15) is 11.8 Å². The second-order valence-electron chi connectivity index (χ2n) is 5.57. The Morgan fingerprint density at radius 1 is 1.19 bits per heavy atom. The van der Waals surface area contributed by atoms with Crippen LogP contribution in [0.25, 0.3) is 0 Å². The van der Waals surface area contributed by atoms with Crippen LogP contribution < -0.4 is 20.1 Å². The topological polar surface area (TPSA) is 72.5 Å². The first-order valence-electron chi connectivity index (χ1n) is 8.23. The Hall–Kier alpha value is -2.97. The van der Waals surface area contributed by atoms with Crippen LogP contribution in [0, 0.1) is 0 Å². The Labute approximate surface area is 154 Å². The first kappa shape index (κ1) is 20.3. The molecule has 0 saturated heterocycles. The van der Waals surface area contributed by atoms with E-state index >= 15 is 0 Å². The van der Waals surface area contributed by atoms with Gasteiger partial charge in [-0.3, -0.25) is 4.79 Å². The molecule has 0 radical (unpaired) electrons. The zero-order valence-corrected chi connectivity index (χ0v) is 14.8. The molecular weight excluding hydrogens is 363 g/mol. The molecule has 6 nitrogen and oxygen atoms in total. The van der Waals surface area contributed by atoms with Crippen LogP contribution >= 0.6 is 0 Å². The molecule has 1 unspecified atom stereocenters. The molecule has 0 aliphatic carbocycles. The largest absolute Gasteiger partial charge is 0.492 e. The fraction of sp³-hybridized carbons (Fsp3) is 0.333. The van der Waals surface area contributed by atoms with Crippen molar-refractivity contribution in [2.24, 2.45) is 0 Å². The smallest absolute Gasteiger partial charge is 0.422 e. The van der Waals surface area contributed by atoms with Crippen LogP contribution in [0.15, 0.2) is 42.6 Å². The van der Waals surface area contributed by atoms with Gasteiger partial charge in [0.25, 0.3) is 0 Å². The summed E-state index contributed by atoms with van der Waals surface area (Å²) >= 11 is 0. The van der Waals surface area contributed by atoms with Crippen molar-refractivity contribution in [1.82, 2.24) is 4.98 Å². The summed E-state index contributed by atoms with van der Waals surface area (Å²) in [5.41, 5.74) is 1.02. The van der Waals surface area contributed by atoms with Gasteiger partial charge >= 0.3 is 6.18 Å². The molecule has 1 heterocycles. The van der Waals surface area contributed by atoms with Crippen LogP contribution in [0.5, 0.6) is 11.6 Å². The molecule has 27 heavy (non-hydrogen) atoms. The Bertz CT molecular complexity index is 752. The van der Waals surface area contributed by atoms with E-state index in [1.54, 1.807) is 31.2 Å². The van der Waals surface area contributed by atoms with E-state index in [4.69, 9.17) is 4.74 Å². The number of hydrogen-bond donors (Lipinski definition) is 2. The normalized spacial score (nSPS) is 12.2. The van der Waals surface area contributed by atoms with E-state index in [1.165, 1.54) is 18.3 Å². The zero-order chi connectivity index (χ0) is 19.9. The van der Waals surface area contributed by atoms with E-state index in [0.29, 0.717) is 23.7 Å². The maximum Gasteiger partial charge on any atom is 0.422 e. The number of nitrogens with zero attached hydrogens (tertiary/aromatic N) is 1. The summed E-state index contributed by atoms with van der Waals surface area (Å²) in [5.74, 6) is 0.105. The number of para-hydroxylation sites is 2. The zero-order valence-electron chi connectivity index (χ0n) is 14.8. The standard InChI is InChI=1S/C18H20F3N3O3/c1-3-26-15-7-5-4-6-14(15)24-17(25)12(2)23-13-8-9-16(22-10-13)27-11-18(19,20)21/h4-10,12,23H,3,11H2,1-2H3,(H,24,25). The highest BCUT2D eigenvalue weighted by molar-refractivity contribution is 5.97. The molecule has 0 fully saturated rings. The van der Waals surface area contributed by atoms with E-state index in [1.807, 2.05) is 6.92 Å². The van der Waals surface area contributed by atoms with Crippen LogP contribution in [0.2, 0.25) is 0 Å². The average Bonchev–Trinajstić information content (AvgIpc) is 2.62. The number of pyridine rings is 1. The second-order valence-corrected chi connectivity index (χ2v) is 5.57. The van der Waals surface area contributed by atoms with Gasteiger partial charge < -0.3 is 20.1 Å². The predicted molar refractivity (Wildman–Crippen MR) is 95.1 cm³/mol. The van der Waals surface area contributed by atoms with Crippen LogP contribution in [0.3, 0.4) is 0 Å². The van der Waals surface area contributed by atoms with E-state index in [9.17, 15) is 18.0 Å². The number of anilines is 2. The number of ether oxygens (including phenoxy) is 2. The Kier molecular flexibility index (Phi) is 6.86. The predicted octanol–water partition coefficient (Wildman–Crippen LogP) is 3.86. The third-order valence-electron chi connectivity index (χ3n) is 3.34. The lowest BCUT2D eigenvalue weighted by molar-refractivity contribution is -0.154. The molecular formula is C18H20F3N3O3. The summed E-state index contributed by atoms with van der Waals surface area (Å²) < 4.78 is 46.3. The number of carbonyl (C=O) groups is 1. The van der Waals surface area contributed by atoms with Crippen molar-refractivity contribution in [1.29, 1.82) is 0 Å². The third-order valence-corrected chi connectivity index (χ3v) is 3.34.